The number of nitrogens with zero attached hydrogens (tertiary/aromatic N) is 4. The molecule has 38 heavy (non-hydrogen) atoms. The van der Waals surface area contributed by atoms with Crippen LogP contribution in [0.5, 0.6) is 0 Å². The Morgan fingerprint density at radius 2 is 1.63 bits per heavy atom. The second-order valence-corrected chi connectivity index (χ2v) is 9.13. The van der Waals surface area contributed by atoms with Crippen molar-refractivity contribution < 1.29 is 9.59 Å². The zero-order chi connectivity index (χ0) is 26.1. The van der Waals surface area contributed by atoms with Crippen molar-refractivity contribution >= 4 is 39.6 Å². The summed E-state index contributed by atoms with van der Waals surface area (Å²) in [6, 6.07) is 29.1. The monoisotopic (exact) mass is 497 g/mol. The fraction of sp³-hybridized carbons (Fsp3) is 0.0968. The lowest BCUT2D eigenvalue weighted by molar-refractivity contribution is -0.124. The van der Waals surface area contributed by atoms with E-state index in [1.54, 1.807) is 11.1 Å². The second kappa shape index (κ2) is 9.68. The van der Waals surface area contributed by atoms with Crippen LogP contribution in [-0.2, 0) is 22.4 Å². The topological polar surface area (TPSA) is 91.0 Å². The van der Waals surface area contributed by atoms with Crippen LogP contribution in [0.25, 0.3) is 16.5 Å². The molecule has 1 aromatic heterocycles. The molecule has 1 aliphatic rings. The molecule has 1 N–H and O–H groups in total. The highest BCUT2D eigenvalue weighted by Crippen LogP contribution is 2.40. The number of rotatable bonds is 5. The molecule has 184 valence electrons. The average Bonchev–Trinajstić information content (AvgIpc) is 3.37. The standard InChI is InChI=1S/C31H23N5O2/c32-20-23-7-2-1-5-21(23)10-16-28-33-17-18-35(28)24-11-13-25(14-12-24)36-27-15-9-22-6-3-4-8-26(22)31(27)34-29(37)19-30(36)38/h1-9,11-15,17-18H,10,16,19H2,(H,34,37). The maximum atomic E-state index is 13.2. The van der Waals surface area contributed by atoms with Crippen molar-refractivity contribution in [1.29, 1.82) is 5.26 Å². The summed E-state index contributed by atoms with van der Waals surface area (Å²) in [7, 11) is 0. The number of anilines is 3. The van der Waals surface area contributed by atoms with Crippen LogP contribution in [0, 0.1) is 11.3 Å². The number of hydrogen-bond acceptors (Lipinski definition) is 4. The largest absolute Gasteiger partial charge is 0.323 e. The van der Waals surface area contributed by atoms with E-state index in [0.29, 0.717) is 35.5 Å². The predicted molar refractivity (Wildman–Crippen MR) is 146 cm³/mol. The lowest BCUT2D eigenvalue weighted by Crippen LogP contribution is -2.26. The summed E-state index contributed by atoms with van der Waals surface area (Å²) in [6.45, 7) is 0. The average molecular weight is 498 g/mol. The summed E-state index contributed by atoms with van der Waals surface area (Å²) < 4.78 is 2.01. The van der Waals surface area contributed by atoms with Gasteiger partial charge in [-0.15, -0.1) is 0 Å². The number of hydrogen-bond donors (Lipinski definition) is 1. The first-order valence-corrected chi connectivity index (χ1v) is 12.4. The Bertz CT molecular complexity index is 1730. The van der Waals surface area contributed by atoms with Crippen molar-refractivity contribution in [2.24, 2.45) is 0 Å². The SMILES string of the molecule is N#Cc1ccccc1CCc1nccn1-c1ccc(N2C(=O)CC(=O)Nc3c2ccc2ccccc32)cc1. The molecule has 0 atom stereocenters. The predicted octanol–water partition coefficient (Wildman–Crippen LogP) is 5.69. The van der Waals surface area contributed by atoms with Crippen LogP contribution in [0.4, 0.5) is 17.1 Å². The van der Waals surface area contributed by atoms with Crippen molar-refractivity contribution in [2.75, 3.05) is 10.2 Å². The van der Waals surface area contributed by atoms with Crippen LogP contribution in [0.1, 0.15) is 23.4 Å². The smallest absolute Gasteiger partial charge is 0.241 e. The normalized spacial score (nSPS) is 13.1. The Balaban J connectivity index is 1.32. The van der Waals surface area contributed by atoms with Gasteiger partial charge in [0.2, 0.25) is 11.8 Å². The summed E-state index contributed by atoms with van der Waals surface area (Å²) >= 11 is 0. The lowest BCUT2D eigenvalue weighted by atomic mass is 10.0. The first-order chi connectivity index (χ1) is 18.6. The summed E-state index contributed by atoms with van der Waals surface area (Å²) in [5.74, 6) is 0.263. The number of aromatic nitrogens is 2. The third-order valence-electron chi connectivity index (χ3n) is 6.83. The van der Waals surface area contributed by atoms with Gasteiger partial charge >= 0.3 is 0 Å². The molecule has 2 heterocycles. The summed E-state index contributed by atoms with van der Waals surface area (Å²) in [4.78, 5) is 31.9. The fourth-order valence-corrected chi connectivity index (χ4v) is 5.01. The molecular formula is C31H23N5O2. The van der Waals surface area contributed by atoms with Gasteiger partial charge in [0.05, 0.1) is 23.0 Å². The van der Waals surface area contributed by atoms with Gasteiger partial charge in [0.25, 0.3) is 0 Å². The Hall–Kier alpha value is -5.22. The van der Waals surface area contributed by atoms with E-state index in [1.165, 1.54) is 0 Å². The van der Waals surface area contributed by atoms with E-state index in [-0.39, 0.29) is 18.2 Å². The molecule has 5 aromatic rings. The second-order valence-electron chi connectivity index (χ2n) is 9.13. The van der Waals surface area contributed by atoms with Crippen molar-refractivity contribution in [3.63, 3.8) is 0 Å². The molecule has 0 unspecified atom stereocenters. The van der Waals surface area contributed by atoms with Crippen LogP contribution in [0.3, 0.4) is 0 Å². The number of imidazole rings is 1. The van der Waals surface area contributed by atoms with Gasteiger partial charge in [-0.05, 0) is 53.8 Å². The fourth-order valence-electron chi connectivity index (χ4n) is 5.01. The third kappa shape index (κ3) is 4.18. The van der Waals surface area contributed by atoms with Crippen molar-refractivity contribution in [2.45, 2.75) is 19.3 Å². The quantitative estimate of drug-likeness (QED) is 0.316. The molecule has 0 saturated carbocycles. The molecule has 0 fully saturated rings. The van der Waals surface area contributed by atoms with E-state index < -0.39 is 0 Å². The highest BCUT2D eigenvalue weighted by atomic mass is 16.2. The third-order valence-corrected chi connectivity index (χ3v) is 6.83. The van der Waals surface area contributed by atoms with E-state index in [2.05, 4.69) is 16.4 Å². The highest BCUT2D eigenvalue weighted by molar-refractivity contribution is 6.21. The number of fused-ring (bicyclic) bond motifs is 3. The molecular weight excluding hydrogens is 474 g/mol. The molecule has 4 aromatic carbocycles. The maximum Gasteiger partial charge on any atom is 0.241 e. The lowest BCUT2D eigenvalue weighted by Gasteiger charge is -2.23. The van der Waals surface area contributed by atoms with E-state index >= 15 is 0 Å². The zero-order valence-corrected chi connectivity index (χ0v) is 20.5. The maximum absolute atomic E-state index is 13.2. The minimum Gasteiger partial charge on any atom is -0.323 e. The molecule has 7 nitrogen and oxygen atoms in total. The van der Waals surface area contributed by atoms with Crippen molar-refractivity contribution in [1.82, 2.24) is 9.55 Å². The molecule has 6 rings (SSSR count). The minimum absolute atomic E-state index is 0.236. The highest BCUT2D eigenvalue weighted by Gasteiger charge is 2.28. The van der Waals surface area contributed by atoms with Crippen LogP contribution >= 0.6 is 0 Å². The Morgan fingerprint density at radius 1 is 0.868 bits per heavy atom. The van der Waals surface area contributed by atoms with Crippen LogP contribution in [0.15, 0.2) is 97.3 Å². The molecule has 0 radical (unpaired) electrons. The number of carbonyl (C=O) groups is 2. The number of nitrogens with one attached hydrogen (secondary N) is 1. The zero-order valence-electron chi connectivity index (χ0n) is 20.5. The van der Waals surface area contributed by atoms with Crippen LogP contribution in [0.2, 0.25) is 0 Å². The van der Waals surface area contributed by atoms with Gasteiger partial charge in [-0.25, -0.2) is 4.98 Å². The molecule has 0 bridgehead atoms. The van der Waals surface area contributed by atoms with E-state index in [9.17, 15) is 14.9 Å². The number of carbonyl (C=O) groups excluding carboxylic acids is 2. The molecule has 7 heteroatoms. The van der Waals surface area contributed by atoms with E-state index in [4.69, 9.17) is 0 Å². The number of amides is 2. The first-order valence-electron chi connectivity index (χ1n) is 12.4. The van der Waals surface area contributed by atoms with Crippen LogP contribution < -0.4 is 10.2 Å². The molecule has 0 spiro atoms. The first kappa shape index (κ1) is 23.2. The summed E-state index contributed by atoms with van der Waals surface area (Å²) in [5.41, 5.74) is 4.54. The Labute approximate surface area is 219 Å². The molecule has 0 saturated heterocycles. The summed E-state index contributed by atoms with van der Waals surface area (Å²) in [5, 5.41) is 14.2. The molecule has 2 amide bonds. The Kier molecular flexibility index (Phi) is 5.91. The van der Waals surface area contributed by atoms with E-state index in [0.717, 1.165) is 27.8 Å². The summed E-state index contributed by atoms with van der Waals surface area (Å²) in [6.07, 6.45) is 4.80. The number of nitriles is 1. The number of aryl methyl sites for hydroxylation is 2. The van der Waals surface area contributed by atoms with E-state index in [1.807, 2.05) is 95.7 Å². The van der Waals surface area contributed by atoms with Crippen LogP contribution in [-0.4, -0.2) is 21.4 Å². The van der Waals surface area contributed by atoms with Gasteiger partial charge in [0, 0.05) is 35.6 Å². The van der Waals surface area contributed by atoms with Gasteiger partial charge < -0.3 is 9.88 Å². The molecule has 1 aliphatic heterocycles. The molecule has 0 aliphatic carbocycles. The van der Waals surface area contributed by atoms with Gasteiger partial charge in [-0.1, -0.05) is 48.5 Å². The van der Waals surface area contributed by atoms with Crippen molar-refractivity contribution in [3.8, 4) is 11.8 Å². The van der Waals surface area contributed by atoms with Gasteiger partial charge in [0.15, 0.2) is 0 Å². The number of benzene rings is 4. The van der Waals surface area contributed by atoms with Crippen molar-refractivity contribution in [3.05, 3.63) is 114 Å². The van der Waals surface area contributed by atoms with Gasteiger partial charge in [-0.3, -0.25) is 14.5 Å². The Morgan fingerprint density at radius 3 is 2.47 bits per heavy atom. The van der Waals surface area contributed by atoms with Gasteiger partial charge in [-0.2, -0.15) is 5.26 Å². The minimum atomic E-state index is -0.326. The van der Waals surface area contributed by atoms with Gasteiger partial charge in [0.1, 0.15) is 12.2 Å².